The molecule has 0 aliphatic carbocycles. The summed E-state index contributed by atoms with van der Waals surface area (Å²) in [6, 6.07) is 105. The minimum absolute atomic E-state index is 0.832. The lowest BCUT2D eigenvalue weighted by atomic mass is 10.1. The average molecular weight is 1210 g/mol. The molecule has 6 heterocycles. The zero-order valence-corrected chi connectivity index (χ0v) is 50.5. The second-order valence-electron chi connectivity index (χ2n) is 22.9. The van der Waals surface area contributed by atoms with Gasteiger partial charge < -0.3 is 23.4 Å². The van der Waals surface area contributed by atoms with Crippen LogP contribution in [0.15, 0.2) is 296 Å². The molecule has 0 atom stereocenters. The van der Waals surface area contributed by atoms with Gasteiger partial charge in [-0.15, -0.1) is 34.0 Å². The van der Waals surface area contributed by atoms with E-state index in [0.29, 0.717) is 0 Å². The molecule has 422 valence electrons. The third kappa shape index (κ3) is 8.16. The van der Waals surface area contributed by atoms with Gasteiger partial charge in [0, 0.05) is 115 Å². The largest absolute Gasteiger partial charge is 0.456 e. The highest BCUT2D eigenvalue weighted by molar-refractivity contribution is 7.26. The second-order valence-corrected chi connectivity index (χ2v) is 26.1. The van der Waals surface area contributed by atoms with Crippen LogP contribution in [-0.2, 0) is 0 Å². The molecule has 0 aliphatic rings. The Bertz CT molecular complexity index is 5500. The number of hydrogen-bond donors (Lipinski definition) is 0. The van der Waals surface area contributed by atoms with Crippen LogP contribution >= 0.6 is 34.0 Å². The molecular weight excluding hydrogens is 1160 g/mol. The molecule has 10 heteroatoms. The summed E-state index contributed by atoms with van der Waals surface area (Å²) in [5, 5.41) is 11.5. The molecule has 0 bridgehead atoms. The van der Waals surface area contributed by atoms with Crippen LogP contribution in [-0.4, -0.2) is 19.1 Å². The minimum atomic E-state index is 0.832. The highest BCUT2D eigenvalue weighted by Gasteiger charge is 2.22. The average Bonchev–Trinajstić information content (AvgIpc) is 2.63. The first-order valence-electron chi connectivity index (χ1n) is 30.1. The zero-order valence-electron chi connectivity index (χ0n) is 48.0. The Kier molecular flexibility index (Phi) is 11.4. The Balaban J connectivity index is 0.695. The van der Waals surface area contributed by atoms with Gasteiger partial charge in [-0.3, -0.25) is 0 Å². The maximum absolute atomic E-state index is 6.97. The van der Waals surface area contributed by atoms with Crippen LogP contribution in [0.3, 0.4) is 0 Å². The highest BCUT2D eigenvalue weighted by Crippen LogP contribution is 2.47. The van der Waals surface area contributed by atoms with Gasteiger partial charge in [0.05, 0.1) is 42.5 Å². The number of para-hydroxylation sites is 6. The monoisotopic (exact) mass is 1200 g/mol. The lowest BCUT2D eigenvalue weighted by molar-refractivity contribution is 0.669. The summed E-state index contributed by atoms with van der Waals surface area (Å²) in [5.74, 6) is 0. The number of fused-ring (bicyclic) bond motifs is 14. The summed E-state index contributed by atoms with van der Waals surface area (Å²) in [4.78, 5) is 14.7. The van der Waals surface area contributed by atoms with Gasteiger partial charge in [0.1, 0.15) is 21.2 Å². The second kappa shape index (κ2) is 20.2. The third-order valence-corrected chi connectivity index (χ3v) is 21.1. The Morgan fingerprint density at radius 1 is 0.267 bits per heavy atom. The van der Waals surface area contributed by atoms with E-state index >= 15 is 0 Å². The van der Waals surface area contributed by atoms with E-state index in [4.69, 9.17) is 14.4 Å². The van der Waals surface area contributed by atoms with Crippen LogP contribution in [0.2, 0.25) is 0 Å². The minimum Gasteiger partial charge on any atom is -0.456 e. The van der Waals surface area contributed by atoms with E-state index in [-0.39, 0.29) is 0 Å². The van der Waals surface area contributed by atoms with E-state index in [1.807, 2.05) is 17.4 Å². The number of rotatable bonds is 10. The number of thiazole rings is 2. The first-order chi connectivity index (χ1) is 44.6. The molecule has 6 aromatic heterocycles. The Morgan fingerprint density at radius 3 is 1.11 bits per heavy atom. The summed E-state index contributed by atoms with van der Waals surface area (Å²) in [7, 11) is 0. The summed E-state index contributed by atoms with van der Waals surface area (Å²) in [5.41, 5.74) is 19.1. The highest BCUT2D eigenvalue weighted by atomic mass is 32.1. The molecule has 0 N–H and O–H groups in total. The van der Waals surface area contributed by atoms with Crippen molar-refractivity contribution >= 4 is 174 Å². The summed E-state index contributed by atoms with van der Waals surface area (Å²) in [6.45, 7) is 0. The fraction of sp³-hybridized carbons (Fsp3) is 0. The maximum atomic E-state index is 6.97. The van der Waals surface area contributed by atoms with Crippen LogP contribution in [0.25, 0.3) is 139 Å². The smallest absolute Gasteiger partial charge is 0.137 e. The number of nitrogens with zero attached hydrogens (tertiary/aromatic N) is 6. The fourth-order valence-corrected chi connectivity index (χ4v) is 16.7. The van der Waals surface area contributed by atoms with Gasteiger partial charge in [-0.05, 0) is 182 Å². The van der Waals surface area contributed by atoms with E-state index in [9.17, 15) is 0 Å². The van der Waals surface area contributed by atoms with Crippen molar-refractivity contribution in [3.05, 3.63) is 291 Å². The molecule has 19 aromatic rings. The number of thiophene rings is 1. The van der Waals surface area contributed by atoms with Gasteiger partial charge >= 0.3 is 0 Å². The van der Waals surface area contributed by atoms with Crippen molar-refractivity contribution in [3.63, 3.8) is 0 Å². The number of benzene rings is 13. The van der Waals surface area contributed by atoms with Crippen LogP contribution in [0.4, 0.5) is 34.1 Å². The van der Waals surface area contributed by atoms with Crippen LogP contribution in [0, 0.1) is 0 Å². The molecule has 90 heavy (non-hydrogen) atoms. The number of anilines is 6. The van der Waals surface area contributed by atoms with Gasteiger partial charge in [0.15, 0.2) is 0 Å². The number of aromatic nitrogens is 4. The van der Waals surface area contributed by atoms with Crippen LogP contribution in [0.5, 0.6) is 0 Å². The predicted octanol–water partition coefficient (Wildman–Crippen LogP) is 23.6. The van der Waals surface area contributed by atoms with E-state index in [1.54, 1.807) is 22.7 Å². The standard InChI is InChI=1S/C80H48N6OS3/c1-7-19-69-59(13-1)60-14-2-8-20-70(60)85(69)55-37-33-53(34-38-55)83(51-29-25-49(26-30-51)79-81-67-17-5-11-23-75(67)89-79)57-41-43-63-65-48-78-66(47-74(65)87-73(63)45-57)64-44-42-58(46-77(64)88-78)84(52-31-27-50(28-32-52)80-82-68-18-6-12-24-76(68)90-80)54-35-39-56(40-36-54)86-71-21-9-3-15-61(71)62-16-4-10-22-72(62)86/h1-48H. The Labute approximate surface area is 527 Å². The molecule has 0 amide bonds. The van der Waals surface area contributed by atoms with Crippen LogP contribution in [0.1, 0.15) is 0 Å². The number of hydrogen-bond acceptors (Lipinski definition) is 8. The van der Waals surface area contributed by atoms with Crippen molar-refractivity contribution in [2.24, 2.45) is 0 Å². The third-order valence-electron chi connectivity index (χ3n) is 17.8. The van der Waals surface area contributed by atoms with Gasteiger partial charge in [-0.25, -0.2) is 9.97 Å². The lowest BCUT2D eigenvalue weighted by Crippen LogP contribution is -2.10. The van der Waals surface area contributed by atoms with Gasteiger partial charge in [0.25, 0.3) is 0 Å². The molecule has 0 saturated carbocycles. The Morgan fingerprint density at radius 2 is 0.644 bits per heavy atom. The van der Waals surface area contributed by atoms with Crippen molar-refractivity contribution < 1.29 is 4.42 Å². The van der Waals surface area contributed by atoms with Crippen molar-refractivity contribution in [2.75, 3.05) is 9.80 Å². The predicted molar refractivity (Wildman–Crippen MR) is 382 cm³/mol. The molecule has 0 radical (unpaired) electrons. The number of furan rings is 1. The van der Waals surface area contributed by atoms with E-state index in [2.05, 4.69) is 304 Å². The molecule has 7 nitrogen and oxygen atoms in total. The summed E-state index contributed by atoms with van der Waals surface area (Å²) >= 11 is 5.28. The molecular formula is C80H48N6OS3. The Hall–Kier alpha value is -11.1. The van der Waals surface area contributed by atoms with E-state index < -0.39 is 0 Å². The molecule has 0 spiro atoms. The van der Waals surface area contributed by atoms with Crippen molar-refractivity contribution in [3.8, 4) is 32.5 Å². The quantitative estimate of drug-likeness (QED) is 0.137. The maximum Gasteiger partial charge on any atom is 0.137 e. The first kappa shape index (κ1) is 51.0. The van der Waals surface area contributed by atoms with Gasteiger partial charge in [-0.1, -0.05) is 103 Å². The molecule has 0 aliphatic heterocycles. The molecule has 13 aromatic carbocycles. The van der Waals surface area contributed by atoms with Crippen LogP contribution < -0.4 is 9.80 Å². The molecule has 0 fully saturated rings. The van der Waals surface area contributed by atoms with E-state index in [1.165, 1.54) is 73.2 Å². The molecule has 19 rings (SSSR count). The van der Waals surface area contributed by atoms with E-state index in [0.717, 1.165) is 99.6 Å². The van der Waals surface area contributed by atoms with Gasteiger partial charge in [-0.2, -0.15) is 0 Å². The van der Waals surface area contributed by atoms with Crippen molar-refractivity contribution in [1.29, 1.82) is 0 Å². The molecule has 0 unspecified atom stereocenters. The van der Waals surface area contributed by atoms with Crippen molar-refractivity contribution in [1.82, 2.24) is 19.1 Å². The normalized spacial score (nSPS) is 12.0. The topological polar surface area (TPSA) is 55.3 Å². The fourth-order valence-electron chi connectivity index (χ4n) is 13.6. The van der Waals surface area contributed by atoms with Gasteiger partial charge in [0.2, 0.25) is 0 Å². The van der Waals surface area contributed by atoms with Crippen molar-refractivity contribution in [2.45, 2.75) is 0 Å². The molecule has 0 saturated heterocycles. The first-order valence-corrected chi connectivity index (χ1v) is 32.5. The summed E-state index contributed by atoms with van der Waals surface area (Å²) < 4.78 is 16.5. The summed E-state index contributed by atoms with van der Waals surface area (Å²) in [6.07, 6.45) is 0. The lowest BCUT2D eigenvalue weighted by Gasteiger charge is -2.26. The zero-order chi connectivity index (χ0) is 59.0. The SMILES string of the molecule is c1ccc2sc(-c3ccc(N(c4ccc(-n5c6ccccc6c6ccccc65)cc4)c4ccc5c(c4)oc4cc6c(cc45)sc4cc(N(c5ccc(-c7nc8ccccc8s7)cc5)c5ccc(-n7c8ccccc8c8ccccc87)cc5)ccc46)cc3)nc2c1.